The Kier molecular flexibility index (Phi) is 7.63. The van der Waals surface area contributed by atoms with Gasteiger partial charge >= 0.3 is 5.97 Å². The highest BCUT2D eigenvalue weighted by molar-refractivity contribution is 6.31. The van der Waals surface area contributed by atoms with Gasteiger partial charge in [-0.15, -0.1) is 0 Å². The van der Waals surface area contributed by atoms with E-state index in [1.165, 1.54) is 6.92 Å². The zero-order valence-corrected chi connectivity index (χ0v) is 18.4. The number of aryl methyl sites for hydroxylation is 1. The van der Waals surface area contributed by atoms with Crippen LogP contribution in [0.5, 0.6) is 0 Å². The molecule has 0 aliphatic carbocycles. The molecular formula is C25H23ClN2O4. The van der Waals surface area contributed by atoms with Crippen molar-refractivity contribution in [2.45, 2.75) is 26.0 Å². The Morgan fingerprint density at radius 2 is 1.53 bits per heavy atom. The van der Waals surface area contributed by atoms with Crippen LogP contribution in [0.1, 0.15) is 34.5 Å². The van der Waals surface area contributed by atoms with Gasteiger partial charge in [0, 0.05) is 21.8 Å². The quantitative estimate of drug-likeness (QED) is 0.511. The molecule has 0 radical (unpaired) electrons. The Labute approximate surface area is 191 Å². The summed E-state index contributed by atoms with van der Waals surface area (Å²) in [7, 11) is 0. The Morgan fingerprint density at radius 3 is 2.16 bits per heavy atom. The number of ether oxygens (including phenoxy) is 1. The predicted octanol–water partition coefficient (Wildman–Crippen LogP) is 4.69. The number of carbonyl (C=O) groups is 3. The van der Waals surface area contributed by atoms with Crippen LogP contribution in [0, 0.1) is 6.92 Å². The molecule has 0 bridgehead atoms. The fourth-order valence-corrected chi connectivity index (χ4v) is 3.11. The minimum Gasteiger partial charge on any atom is -0.446 e. The standard InChI is InChI=1S/C25H23ClN2O4/c1-16-13-14-20(15-21(16)26)28-24(30)22(18-9-5-3-6-10-18)32-25(31)17(2)27-23(29)19-11-7-4-8-12-19/h3-15,17,22H,1-2H3,(H,27,29)(H,28,30)/t17-,22?/m0/s1. The first-order valence-electron chi connectivity index (χ1n) is 10.0. The second-order valence-electron chi connectivity index (χ2n) is 7.24. The molecule has 7 heteroatoms. The number of carbonyl (C=O) groups excluding carboxylic acids is 3. The maximum atomic E-state index is 13.0. The fourth-order valence-electron chi connectivity index (χ4n) is 2.93. The van der Waals surface area contributed by atoms with Crippen molar-refractivity contribution in [3.05, 3.63) is 101 Å². The highest BCUT2D eigenvalue weighted by Crippen LogP contribution is 2.24. The van der Waals surface area contributed by atoms with Gasteiger partial charge in [-0.3, -0.25) is 9.59 Å². The molecular weight excluding hydrogens is 428 g/mol. The number of rotatable bonds is 7. The monoisotopic (exact) mass is 450 g/mol. The van der Waals surface area contributed by atoms with Crippen molar-refractivity contribution in [1.29, 1.82) is 0 Å². The Bertz CT molecular complexity index is 1100. The SMILES string of the molecule is Cc1ccc(NC(=O)C(OC(=O)[C@H](C)NC(=O)c2ccccc2)c2ccccc2)cc1Cl. The summed E-state index contributed by atoms with van der Waals surface area (Å²) < 4.78 is 5.52. The number of anilines is 1. The number of benzene rings is 3. The highest BCUT2D eigenvalue weighted by atomic mass is 35.5. The topological polar surface area (TPSA) is 84.5 Å². The third-order valence-corrected chi connectivity index (χ3v) is 5.16. The lowest BCUT2D eigenvalue weighted by atomic mass is 10.1. The highest BCUT2D eigenvalue weighted by Gasteiger charge is 2.28. The lowest BCUT2D eigenvalue weighted by molar-refractivity contribution is -0.156. The molecule has 0 spiro atoms. The summed E-state index contributed by atoms with van der Waals surface area (Å²) in [6.07, 6.45) is -1.21. The van der Waals surface area contributed by atoms with E-state index < -0.39 is 29.9 Å². The fraction of sp³-hybridized carbons (Fsp3) is 0.160. The van der Waals surface area contributed by atoms with Crippen LogP contribution < -0.4 is 10.6 Å². The number of amides is 2. The van der Waals surface area contributed by atoms with Gasteiger partial charge in [0.1, 0.15) is 6.04 Å². The van der Waals surface area contributed by atoms with E-state index >= 15 is 0 Å². The van der Waals surface area contributed by atoms with Gasteiger partial charge in [-0.1, -0.05) is 66.2 Å². The van der Waals surface area contributed by atoms with Crippen molar-refractivity contribution in [1.82, 2.24) is 5.32 Å². The van der Waals surface area contributed by atoms with Crippen LogP contribution in [-0.2, 0) is 14.3 Å². The molecule has 0 aromatic heterocycles. The van der Waals surface area contributed by atoms with Crippen LogP contribution in [0.15, 0.2) is 78.9 Å². The molecule has 0 fully saturated rings. The van der Waals surface area contributed by atoms with Crippen molar-refractivity contribution in [2.24, 2.45) is 0 Å². The molecule has 2 N–H and O–H groups in total. The van der Waals surface area contributed by atoms with Gasteiger partial charge in [0.2, 0.25) is 6.10 Å². The molecule has 0 saturated carbocycles. The van der Waals surface area contributed by atoms with E-state index in [1.54, 1.807) is 78.9 Å². The molecule has 3 aromatic carbocycles. The second kappa shape index (κ2) is 10.6. The molecule has 1 unspecified atom stereocenters. The Hall–Kier alpha value is -3.64. The summed E-state index contributed by atoms with van der Waals surface area (Å²) in [6.45, 7) is 3.36. The van der Waals surface area contributed by atoms with E-state index in [0.29, 0.717) is 21.8 Å². The van der Waals surface area contributed by atoms with Gasteiger partial charge in [0.15, 0.2) is 0 Å². The summed E-state index contributed by atoms with van der Waals surface area (Å²) in [4.78, 5) is 38.0. The summed E-state index contributed by atoms with van der Waals surface area (Å²) in [6, 6.07) is 21.3. The molecule has 2 atom stereocenters. The summed E-state index contributed by atoms with van der Waals surface area (Å²) in [5.74, 6) is -1.68. The summed E-state index contributed by atoms with van der Waals surface area (Å²) in [5, 5.41) is 5.83. The van der Waals surface area contributed by atoms with Gasteiger partial charge < -0.3 is 15.4 Å². The smallest absolute Gasteiger partial charge is 0.329 e. The number of hydrogen-bond acceptors (Lipinski definition) is 4. The molecule has 3 aromatic rings. The first-order valence-corrected chi connectivity index (χ1v) is 10.4. The first-order chi connectivity index (χ1) is 15.3. The Morgan fingerprint density at radius 1 is 0.906 bits per heavy atom. The molecule has 32 heavy (non-hydrogen) atoms. The van der Waals surface area contributed by atoms with Crippen molar-refractivity contribution in [3.63, 3.8) is 0 Å². The number of halogens is 1. The van der Waals surface area contributed by atoms with Crippen LogP contribution in [0.25, 0.3) is 0 Å². The largest absolute Gasteiger partial charge is 0.446 e. The zero-order chi connectivity index (χ0) is 23.1. The van der Waals surface area contributed by atoms with E-state index in [1.807, 2.05) is 6.92 Å². The molecule has 3 rings (SSSR count). The van der Waals surface area contributed by atoms with Crippen LogP contribution in [0.3, 0.4) is 0 Å². The minimum absolute atomic E-state index is 0.412. The van der Waals surface area contributed by atoms with E-state index in [-0.39, 0.29) is 0 Å². The van der Waals surface area contributed by atoms with Crippen LogP contribution >= 0.6 is 11.6 Å². The van der Waals surface area contributed by atoms with Gasteiger partial charge in [0.05, 0.1) is 0 Å². The van der Waals surface area contributed by atoms with E-state index in [9.17, 15) is 14.4 Å². The van der Waals surface area contributed by atoms with E-state index in [0.717, 1.165) is 5.56 Å². The third kappa shape index (κ3) is 5.95. The van der Waals surface area contributed by atoms with Crippen LogP contribution in [0.4, 0.5) is 5.69 Å². The molecule has 2 amide bonds. The molecule has 164 valence electrons. The van der Waals surface area contributed by atoms with Crippen LogP contribution in [-0.4, -0.2) is 23.8 Å². The molecule has 0 heterocycles. The number of esters is 1. The minimum atomic E-state index is -1.21. The molecule has 0 saturated heterocycles. The van der Waals surface area contributed by atoms with Crippen molar-refractivity contribution < 1.29 is 19.1 Å². The van der Waals surface area contributed by atoms with Gasteiger partial charge in [-0.25, -0.2) is 4.79 Å². The lowest BCUT2D eigenvalue weighted by Gasteiger charge is -2.21. The normalized spacial score (nSPS) is 12.3. The lowest BCUT2D eigenvalue weighted by Crippen LogP contribution is -2.41. The number of nitrogens with one attached hydrogen (secondary N) is 2. The molecule has 0 aliphatic rings. The second-order valence-corrected chi connectivity index (χ2v) is 7.65. The van der Waals surface area contributed by atoms with Gasteiger partial charge in [0.25, 0.3) is 11.8 Å². The average Bonchev–Trinajstić information content (AvgIpc) is 2.80. The zero-order valence-electron chi connectivity index (χ0n) is 17.7. The van der Waals surface area contributed by atoms with Crippen molar-refractivity contribution in [3.8, 4) is 0 Å². The summed E-state index contributed by atoms with van der Waals surface area (Å²) in [5.41, 5.74) is 2.27. The van der Waals surface area contributed by atoms with E-state index in [4.69, 9.17) is 16.3 Å². The molecule has 6 nitrogen and oxygen atoms in total. The third-order valence-electron chi connectivity index (χ3n) is 4.75. The average molecular weight is 451 g/mol. The van der Waals surface area contributed by atoms with Gasteiger partial charge in [-0.05, 0) is 43.7 Å². The predicted molar refractivity (Wildman–Crippen MR) is 123 cm³/mol. The Balaban J connectivity index is 1.74. The van der Waals surface area contributed by atoms with E-state index in [2.05, 4.69) is 10.6 Å². The maximum absolute atomic E-state index is 13.0. The molecule has 0 aliphatic heterocycles. The van der Waals surface area contributed by atoms with Gasteiger partial charge in [-0.2, -0.15) is 0 Å². The van der Waals surface area contributed by atoms with Crippen LogP contribution in [0.2, 0.25) is 5.02 Å². The van der Waals surface area contributed by atoms with Crippen molar-refractivity contribution in [2.75, 3.05) is 5.32 Å². The maximum Gasteiger partial charge on any atom is 0.329 e. The summed E-state index contributed by atoms with van der Waals surface area (Å²) >= 11 is 6.14. The number of hydrogen-bond donors (Lipinski definition) is 2. The first kappa shape index (κ1) is 23.0. The van der Waals surface area contributed by atoms with Crippen molar-refractivity contribution >= 4 is 35.1 Å².